The molecule has 0 aliphatic carbocycles. The molecule has 0 bridgehead atoms. The zero-order valence-corrected chi connectivity index (χ0v) is 14.0. The molecule has 2 rings (SSSR count). The van der Waals surface area contributed by atoms with Crippen LogP contribution in [-0.2, 0) is 4.79 Å². The van der Waals surface area contributed by atoms with E-state index in [4.69, 9.17) is 4.42 Å². The fourth-order valence-corrected chi connectivity index (χ4v) is 3.16. The molecule has 0 spiro atoms. The van der Waals surface area contributed by atoms with Crippen molar-refractivity contribution in [3.05, 3.63) is 10.7 Å². The van der Waals surface area contributed by atoms with Crippen LogP contribution in [0.25, 0.3) is 10.8 Å². The Labute approximate surface area is 137 Å². The smallest absolute Gasteiger partial charge is 0.405 e. The fourth-order valence-electron chi connectivity index (χ4n) is 1.61. The van der Waals surface area contributed by atoms with Crippen LogP contribution in [0.2, 0.25) is 0 Å². The zero-order valence-electron chi connectivity index (χ0n) is 12.4. The maximum atomic E-state index is 12.1. The molecule has 23 heavy (non-hydrogen) atoms. The van der Waals surface area contributed by atoms with E-state index in [0.29, 0.717) is 0 Å². The standard InChI is InChI=1S/C12H13F3N4O2S2/c1-5-8(23-7(3)17-5)10-18-19-11(21-10)22-6(2)9(20)16-4-12(13,14)15/h6H,4H2,1-3H3,(H,16,20). The van der Waals surface area contributed by atoms with Crippen molar-refractivity contribution >= 4 is 29.0 Å². The van der Waals surface area contributed by atoms with Crippen LogP contribution < -0.4 is 5.32 Å². The van der Waals surface area contributed by atoms with Crippen LogP contribution in [-0.4, -0.2) is 39.1 Å². The van der Waals surface area contributed by atoms with Gasteiger partial charge >= 0.3 is 6.18 Å². The molecule has 2 aromatic rings. The Balaban J connectivity index is 1.99. The number of halogens is 3. The van der Waals surface area contributed by atoms with Gasteiger partial charge in [-0.1, -0.05) is 11.8 Å². The number of nitrogens with zero attached hydrogens (tertiary/aromatic N) is 3. The number of nitrogens with one attached hydrogen (secondary N) is 1. The summed E-state index contributed by atoms with van der Waals surface area (Å²) in [5, 5.41) is 9.65. The molecular formula is C12H13F3N4O2S2. The first-order chi connectivity index (χ1) is 10.7. The number of rotatable bonds is 5. The van der Waals surface area contributed by atoms with Crippen molar-refractivity contribution in [2.24, 2.45) is 0 Å². The Morgan fingerprint density at radius 1 is 1.39 bits per heavy atom. The van der Waals surface area contributed by atoms with Crippen LogP contribution >= 0.6 is 23.1 Å². The number of hydrogen-bond donors (Lipinski definition) is 1. The van der Waals surface area contributed by atoms with Gasteiger partial charge in [0.05, 0.1) is 16.0 Å². The maximum Gasteiger partial charge on any atom is 0.405 e. The second-order valence-corrected chi connectivity index (χ2v) is 7.11. The highest BCUT2D eigenvalue weighted by molar-refractivity contribution is 8.00. The number of carbonyl (C=O) groups excluding carboxylic acids is 1. The molecule has 0 fully saturated rings. The molecule has 6 nitrogen and oxygen atoms in total. The van der Waals surface area contributed by atoms with Crippen LogP contribution in [0.1, 0.15) is 17.6 Å². The predicted octanol–water partition coefficient (Wildman–Crippen LogP) is 2.97. The van der Waals surface area contributed by atoms with E-state index >= 15 is 0 Å². The third-order valence-electron chi connectivity index (χ3n) is 2.61. The lowest BCUT2D eigenvalue weighted by atomic mass is 10.4. The number of amides is 1. The lowest BCUT2D eigenvalue weighted by molar-refractivity contribution is -0.137. The number of aryl methyl sites for hydroxylation is 2. The van der Waals surface area contributed by atoms with Crippen molar-refractivity contribution in [1.82, 2.24) is 20.5 Å². The second kappa shape index (κ2) is 6.87. The van der Waals surface area contributed by atoms with Crippen molar-refractivity contribution in [1.29, 1.82) is 0 Å². The van der Waals surface area contributed by atoms with E-state index in [-0.39, 0.29) is 11.1 Å². The molecule has 0 saturated carbocycles. The Hall–Kier alpha value is -1.62. The molecular weight excluding hydrogens is 353 g/mol. The normalized spacial score (nSPS) is 13.1. The van der Waals surface area contributed by atoms with Gasteiger partial charge in [-0.3, -0.25) is 4.79 Å². The van der Waals surface area contributed by atoms with E-state index in [0.717, 1.165) is 27.3 Å². The summed E-state index contributed by atoms with van der Waals surface area (Å²) >= 11 is 2.29. The van der Waals surface area contributed by atoms with Crippen molar-refractivity contribution in [2.75, 3.05) is 6.54 Å². The van der Waals surface area contributed by atoms with Gasteiger partial charge in [0.25, 0.3) is 11.1 Å². The van der Waals surface area contributed by atoms with E-state index in [9.17, 15) is 18.0 Å². The lowest BCUT2D eigenvalue weighted by Gasteiger charge is -2.11. The topological polar surface area (TPSA) is 80.9 Å². The molecule has 1 atom stereocenters. The number of alkyl halides is 3. The monoisotopic (exact) mass is 366 g/mol. The first-order valence-corrected chi connectivity index (χ1v) is 8.14. The largest absolute Gasteiger partial charge is 0.410 e. The number of hydrogen-bond acceptors (Lipinski definition) is 7. The van der Waals surface area contributed by atoms with Crippen molar-refractivity contribution < 1.29 is 22.4 Å². The minimum absolute atomic E-state index is 0.111. The van der Waals surface area contributed by atoms with Gasteiger partial charge in [0, 0.05) is 0 Å². The highest BCUT2D eigenvalue weighted by Crippen LogP contribution is 2.31. The first kappa shape index (κ1) is 17.7. The quantitative estimate of drug-likeness (QED) is 0.820. The summed E-state index contributed by atoms with van der Waals surface area (Å²) in [5.41, 5.74) is 0.753. The van der Waals surface area contributed by atoms with Crippen molar-refractivity contribution in [2.45, 2.75) is 37.4 Å². The molecule has 2 aromatic heterocycles. The van der Waals surface area contributed by atoms with Crippen LogP contribution in [0.4, 0.5) is 13.2 Å². The summed E-state index contributed by atoms with van der Waals surface area (Å²) in [6.45, 7) is 3.75. The minimum Gasteiger partial charge on any atom is -0.410 e. The zero-order chi connectivity index (χ0) is 17.2. The highest BCUT2D eigenvalue weighted by atomic mass is 32.2. The van der Waals surface area contributed by atoms with Gasteiger partial charge in [-0.05, 0) is 20.8 Å². The van der Waals surface area contributed by atoms with E-state index in [1.54, 1.807) is 0 Å². The highest BCUT2D eigenvalue weighted by Gasteiger charge is 2.29. The SMILES string of the molecule is Cc1nc(C)c(-c2nnc(SC(C)C(=O)NCC(F)(F)F)o2)s1. The summed E-state index contributed by atoms with van der Waals surface area (Å²) in [6, 6.07) is 0. The third kappa shape index (κ3) is 4.93. The first-order valence-electron chi connectivity index (χ1n) is 6.44. The molecule has 0 aliphatic rings. The average Bonchev–Trinajstić information content (AvgIpc) is 3.01. The summed E-state index contributed by atoms with van der Waals surface area (Å²) in [7, 11) is 0. The Morgan fingerprint density at radius 3 is 2.65 bits per heavy atom. The Morgan fingerprint density at radius 2 is 2.09 bits per heavy atom. The van der Waals surface area contributed by atoms with E-state index in [1.165, 1.54) is 18.3 Å². The van der Waals surface area contributed by atoms with Gasteiger partial charge in [-0.2, -0.15) is 13.2 Å². The molecule has 0 saturated heterocycles. The van der Waals surface area contributed by atoms with Crippen LogP contribution in [0.15, 0.2) is 9.64 Å². The molecule has 1 unspecified atom stereocenters. The number of carbonyl (C=O) groups is 1. The number of aromatic nitrogens is 3. The molecule has 11 heteroatoms. The van der Waals surface area contributed by atoms with Crippen molar-refractivity contribution in [3.8, 4) is 10.8 Å². The van der Waals surface area contributed by atoms with Gasteiger partial charge in [0.1, 0.15) is 11.4 Å². The van der Waals surface area contributed by atoms with Gasteiger partial charge in [0.15, 0.2) is 0 Å². The van der Waals surface area contributed by atoms with E-state index in [2.05, 4.69) is 15.2 Å². The fraction of sp³-hybridized carbons (Fsp3) is 0.500. The van der Waals surface area contributed by atoms with Crippen LogP contribution in [0.3, 0.4) is 0 Å². The third-order valence-corrected chi connectivity index (χ3v) is 4.61. The summed E-state index contributed by atoms with van der Waals surface area (Å²) in [6.07, 6.45) is -4.45. The van der Waals surface area contributed by atoms with Crippen LogP contribution in [0.5, 0.6) is 0 Å². The second-order valence-electron chi connectivity index (χ2n) is 4.61. The predicted molar refractivity (Wildman–Crippen MR) is 79.3 cm³/mol. The van der Waals surface area contributed by atoms with Gasteiger partial charge in [-0.15, -0.1) is 21.5 Å². The van der Waals surface area contributed by atoms with E-state index < -0.39 is 23.9 Å². The molecule has 0 aliphatic heterocycles. The van der Waals surface area contributed by atoms with Gasteiger partial charge in [-0.25, -0.2) is 4.98 Å². The summed E-state index contributed by atoms with van der Waals surface area (Å²) in [4.78, 5) is 16.6. The molecule has 0 aromatic carbocycles. The lowest BCUT2D eigenvalue weighted by Crippen LogP contribution is -2.37. The summed E-state index contributed by atoms with van der Waals surface area (Å²) in [5.74, 6) is -0.476. The van der Waals surface area contributed by atoms with Gasteiger partial charge in [0.2, 0.25) is 5.91 Å². The minimum atomic E-state index is -4.45. The summed E-state index contributed by atoms with van der Waals surface area (Å²) < 4.78 is 41.6. The Bertz CT molecular complexity index is 699. The molecule has 1 amide bonds. The van der Waals surface area contributed by atoms with E-state index in [1.807, 2.05) is 19.2 Å². The number of thiazole rings is 1. The number of thioether (sulfide) groups is 1. The molecule has 1 N–H and O–H groups in total. The van der Waals surface area contributed by atoms with Crippen molar-refractivity contribution in [3.63, 3.8) is 0 Å². The van der Waals surface area contributed by atoms with Gasteiger partial charge < -0.3 is 9.73 Å². The Kier molecular flexibility index (Phi) is 5.30. The molecule has 2 heterocycles. The molecule has 0 radical (unpaired) electrons. The average molecular weight is 366 g/mol. The van der Waals surface area contributed by atoms with Crippen LogP contribution in [0, 0.1) is 13.8 Å². The maximum absolute atomic E-state index is 12.1. The molecule has 126 valence electrons.